The van der Waals surface area contributed by atoms with Crippen LogP contribution < -0.4 is 5.32 Å². The standard InChI is InChI=1S/C15H23N3O3/c1-3-4-16-14-8-12(7-11(2)17-14)15(20)18-5-6-21-13(9-18)10-19/h7-8,13,19H,3-6,9-10H2,1-2H3,(H,16,17). The van der Waals surface area contributed by atoms with Crippen LogP contribution in [0.4, 0.5) is 5.82 Å². The van der Waals surface area contributed by atoms with Gasteiger partial charge in [-0.15, -0.1) is 0 Å². The second kappa shape index (κ2) is 7.38. The van der Waals surface area contributed by atoms with E-state index in [0.29, 0.717) is 25.3 Å². The fourth-order valence-corrected chi connectivity index (χ4v) is 2.33. The summed E-state index contributed by atoms with van der Waals surface area (Å²) in [5, 5.41) is 12.4. The van der Waals surface area contributed by atoms with Gasteiger partial charge in [0.1, 0.15) is 5.82 Å². The van der Waals surface area contributed by atoms with Crippen LogP contribution in [0.5, 0.6) is 0 Å². The number of rotatable bonds is 5. The molecular weight excluding hydrogens is 270 g/mol. The van der Waals surface area contributed by atoms with E-state index in [1.165, 1.54) is 0 Å². The molecule has 1 aliphatic heterocycles. The summed E-state index contributed by atoms with van der Waals surface area (Å²) in [6.07, 6.45) is 0.712. The quantitative estimate of drug-likeness (QED) is 0.848. The molecule has 0 bridgehead atoms. The van der Waals surface area contributed by atoms with Gasteiger partial charge in [-0.05, 0) is 25.5 Å². The Balaban J connectivity index is 2.12. The molecule has 1 aliphatic rings. The maximum Gasteiger partial charge on any atom is 0.254 e. The normalized spacial score (nSPS) is 18.6. The van der Waals surface area contributed by atoms with Crippen LogP contribution in [0.3, 0.4) is 0 Å². The van der Waals surface area contributed by atoms with Gasteiger partial charge in [0.15, 0.2) is 0 Å². The number of amides is 1. The van der Waals surface area contributed by atoms with E-state index in [1.54, 1.807) is 17.0 Å². The molecule has 6 nitrogen and oxygen atoms in total. The van der Waals surface area contributed by atoms with Crippen molar-refractivity contribution in [1.82, 2.24) is 9.88 Å². The molecule has 2 heterocycles. The van der Waals surface area contributed by atoms with Gasteiger partial charge in [0, 0.05) is 30.9 Å². The fraction of sp³-hybridized carbons (Fsp3) is 0.600. The monoisotopic (exact) mass is 293 g/mol. The van der Waals surface area contributed by atoms with Gasteiger partial charge in [-0.1, -0.05) is 6.92 Å². The number of nitrogens with zero attached hydrogens (tertiary/aromatic N) is 2. The summed E-state index contributed by atoms with van der Waals surface area (Å²) < 4.78 is 5.38. The zero-order valence-electron chi connectivity index (χ0n) is 12.6. The van der Waals surface area contributed by atoms with Crippen LogP contribution in [0, 0.1) is 6.92 Å². The van der Waals surface area contributed by atoms with E-state index in [2.05, 4.69) is 17.2 Å². The minimum Gasteiger partial charge on any atom is -0.394 e. The van der Waals surface area contributed by atoms with Gasteiger partial charge in [-0.25, -0.2) is 4.98 Å². The average molecular weight is 293 g/mol. The topological polar surface area (TPSA) is 74.7 Å². The molecule has 1 saturated heterocycles. The molecule has 1 aromatic rings. The SMILES string of the molecule is CCCNc1cc(C(=O)N2CCOC(CO)C2)cc(C)n1. The van der Waals surface area contributed by atoms with Gasteiger partial charge in [-0.2, -0.15) is 0 Å². The first-order valence-electron chi connectivity index (χ1n) is 7.38. The summed E-state index contributed by atoms with van der Waals surface area (Å²) in [6.45, 7) is 6.16. The van der Waals surface area contributed by atoms with E-state index in [4.69, 9.17) is 9.84 Å². The zero-order chi connectivity index (χ0) is 15.2. The highest BCUT2D eigenvalue weighted by molar-refractivity contribution is 5.95. The first-order valence-corrected chi connectivity index (χ1v) is 7.38. The number of aromatic nitrogens is 1. The molecule has 1 amide bonds. The van der Waals surface area contributed by atoms with Crippen molar-refractivity contribution in [2.24, 2.45) is 0 Å². The van der Waals surface area contributed by atoms with Crippen LogP contribution in [-0.2, 0) is 4.74 Å². The number of pyridine rings is 1. The Hall–Kier alpha value is -1.66. The van der Waals surface area contributed by atoms with Gasteiger partial charge in [0.25, 0.3) is 5.91 Å². The van der Waals surface area contributed by atoms with Gasteiger partial charge in [0.2, 0.25) is 0 Å². The molecule has 1 atom stereocenters. The number of aliphatic hydroxyl groups excluding tert-OH is 1. The average Bonchev–Trinajstić information content (AvgIpc) is 2.51. The third-order valence-corrected chi connectivity index (χ3v) is 3.39. The van der Waals surface area contributed by atoms with Crippen molar-refractivity contribution in [1.29, 1.82) is 0 Å². The smallest absolute Gasteiger partial charge is 0.254 e. The Bertz CT molecular complexity index is 493. The number of ether oxygens (including phenoxy) is 1. The van der Waals surface area contributed by atoms with E-state index >= 15 is 0 Å². The first kappa shape index (κ1) is 15.7. The lowest BCUT2D eigenvalue weighted by atomic mass is 10.1. The van der Waals surface area contributed by atoms with Crippen LogP contribution in [0.15, 0.2) is 12.1 Å². The Morgan fingerprint density at radius 3 is 3.10 bits per heavy atom. The minimum absolute atomic E-state index is 0.0400. The lowest BCUT2D eigenvalue weighted by Crippen LogP contribution is -2.46. The maximum atomic E-state index is 12.6. The summed E-state index contributed by atoms with van der Waals surface area (Å²) in [4.78, 5) is 18.7. The molecule has 2 rings (SSSR count). The van der Waals surface area contributed by atoms with Crippen molar-refractivity contribution < 1.29 is 14.6 Å². The molecule has 1 fully saturated rings. The Morgan fingerprint density at radius 2 is 2.38 bits per heavy atom. The van der Waals surface area contributed by atoms with Crippen molar-refractivity contribution in [3.8, 4) is 0 Å². The lowest BCUT2D eigenvalue weighted by molar-refractivity contribution is -0.0447. The number of nitrogens with one attached hydrogen (secondary N) is 1. The Kier molecular flexibility index (Phi) is 5.52. The van der Waals surface area contributed by atoms with E-state index in [-0.39, 0.29) is 18.6 Å². The maximum absolute atomic E-state index is 12.6. The molecule has 6 heteroatoms. The minimum atomic E-state index is -0.289. The van der Waals surface area contributed by atoms with Gasteiger partial charge >= 0.3 is 0 Å². The molecular formula is C15H23N3O3. The molecule has 1 unspecified atom stereocenters. The van der Waals surface area contributed by atoms with Crippen LogP contribution in [0.25, 0.3) is 0 Å². The second-order valence-corrected chi connectivity index (χ2v) is 5.24. The molecule has 116 valence electrons. The molecule has 0 aliphatic carbocycles. The van der Waals surface area contributed by atoms with Crippen molar-refractivity contribution in [2.75, 3.05) is 38.2 Å². The fourth-order valence-electron chi connectivity index (χ4n) is 2.33. The van der Waals surface area contributed by atoms with Crippen LogP contribution in [0.2, 0.25) is 0 Å². The third-order valence-electron chi connectivity index (χ3n) is 3.39. The van der Waals surface area contributed by atoms with Crippen LogP contribution in [-0.4, -0.2) is 59.8 Å². The predicted octanol–water partition coefficient (Wildman–Crippen LogP) is 1.05. The van der Waals surface area contributed by atoms with Gasteiger partial charge in [-0.3, -0.25) is 4.79 Å². The summed E-state index contributed by atoms with van der Waals surface area (Å²) in [5.74, 6) is 0.689. The summed E-state index contributed by atoms with van der Waals surface area (Å²) in [6, 6.07) is 3.58. The number of carbonyl (C=O) groups excluding carboxylic acids is 1. The molecule has 0 spiro atoms. The number of carbonyl (C=O) groups is 1. The van der Waals surface area contributed by atoms with Gasteiger partial charge < -0.3 is 20.1 Å². The highest BCUT2D eigenvalue weighted by atomic mass is 16.5. The largest absolute Gasteiger partial charge is 0.394 e. The highest BCUT2D eigenvalue weighted by Gasteiger charge is 2.25. The zero-order valence-corrected chi connectivity index (χ0v) is 12.6. The number of aliphatic hydroxyl groups is 1. The molecule has 1 aromatic heterocycles. The number of hydrogen-bond donors (Lipinski definition) is 2. The lowest BCUT2D eigenvalue weighted by Gasteiger charge is -2.32. The predicted molar refractivity (Wildman–Crippen MR) is 80.5 cm³/mol. The Labute approximate surface area is 125 Å². The van der Waals surface area contributed by atoms with Crippen molar-refractivity contribution in [3.63, 3.8) is 0 Å². The number of anilines is 1. The second-order valence-electron chi connectivity index (χ2n) is 5.24. The van der Waals surface area contributed by atoms with Crippen molar-refractivity contribution >= 4 is 11.7 Å². The summed E-state index contributed by atoms with van der Waals surface area (Å²) in [5.41, 5.74) is 1.44. The Morgan fingerprint density at radius 1 is 1.57 bits per heavy atom. The van der Waals surface area contributed by atoms with Crippen LogP contribution >= 0.6 is 0 Å². The van der Waals surface area contributed by atoms with Crippen molar-refractivity contribution in [2.45, 2.75) is 26.4 Å². The third kappa shape index (κ3) is 4.15. The van der Waals surface area contributed by atoms with E-state index in [0.717, 1.165) is 24.5 Å². The molecule has 21 heavy (non-hydrogen) atoms. The number of morpholine rings is 1. The first-order chi connectivity index (χ1) is 10.1. The van der Waals surface area contributed by atoms with Gasteiger partial charge in [0.05, 0.1) is 19.3 Å². The summed E-state index contributed by atoms with van der Waals surface area (Å²) >= 11 is 0. The molecule has 0 aromatic carbocycles. The molecule has 2 N–H and O–H groups in total. The molecule has 0 radical (unpaired) electrons. The van der Waals surface area contributed by atoms with Crippen molar-refractivity contribution in [3.05, 3.63) is 23.4 Å². The van der Waals surface area contributed by atoms with E-state index in [9.17, 15) is 4.79 Å². The van der Waals surface area contributed by atoms with E-state index in [1.807, 2.05) is 6.92 Å². The van der Waals surface area contributed by atoms with E-state index < -0.39 is 0 Å². The highest BCUT2D eigenvalue weighted by Crippen LogP contribution is 2.15. The number of aryl methyl sites for hydroxylation is 1. The summed E-state index contributed by atoms with van der Waals surface area (Å²) in [7, 11) is 0. The molecule has 0 saturated carbocycles. The van der Waals surface area contributed by atoms with Crippen LogP contribution in [0.1, 0.15) is 29.4 Å². The number of hydrogen-bond acceptors (Lipinski definition) is 5.